The van der Waals surface area contributed by atoms with Crippen molar-refractivity contribution in [3.63, 3.8) is 0 Å². The third-order valence-corrected chi connectivity index (χ3v) is 4.50. The van der Waals surface area contributed by atoms with Crippen LogP contribution in [0.1, 0.15) is 18.4 Å². The normalized spacial score (nSPS) is 17.9. The van der Waals surface area contributed by atoms with Gasteiger partial charge < -0.3 is 10.6 Å². The number of imide groups is 1. The Balaban J connectivity index is 1.66. The predicted octanol–water partition coefficient (Wildman–Crippen LogP) is 1.68. The van der Waals surface area contributed by atoms with Crippen LogP contribution in [0, 0.1) is 0 Å². The molecular weight excluding hydrogens is 338 g/mol. The number of hydrogen-bond donors (Lipinski definition) is 3. The van der Waals surface area contributed by atoms with Crippen LogP contribution in [-0.2, 0) is 15.3 Å². The molecule has 23 heavy (non-hydrogen) atoms. The van der Waals surface area contributed by atoms with Crippen molar-refractivity contribution in [3.8, 4) is 0 Å². The van der Waals surface area contributed by atoms with Crippen molar-refractivity contribution >= 4 is 41.2 Å². The zero-order chi connectivity index (χ0) is 16.7. The van der Waals surface area contributed by atoms with E-state index in [1.165, 1.54) is 0 Å². The standard InChI is InChI=1S/C15H18ClN3O3S/c16-11-3-1-2-10(8-11)9-23-7-6-17-14(21)12-4-5-13(20)19-15(22)18-12/h1-3,8,12H,4-7,9H2,(H,17,21)(H2,18,19,20,22)/t12-/m1/s1. The van der Waals surface area contributed by atoms with Crippen molar-refractivity contribution in [2.24, 2.45) is 0 Å². The lowest BCUT2D eigenvalue weighted by Crippen LogP contribution is -2.48. The molecule has 0 aliphatic carbocycles. The van der Waals surface area contributed by atoms with E-state index in [9.17, 15) is 14.4 Å². The van der Waals surface area contributed by atoms with Crippen LogP contribution in [0.3, 0.4) is 0 Å². The number of thioether (sulfide) groups is 1. The van der Waals surface area contributed by atoms with Gasteiger partial charge in [0.15, 0.2) is 0 Å². The Labute approximate surface area is 143 Å². The van der Waals surface area contributed by atoms with Crippen molar-refractivity contribution in [3.05, 3.63) is 34.9 Å². The number of amides is 4. The molecule has 0 aromatic heterocycles. The number of nitrogens with one attached hydrogen (secondary N) is 3. The van der Waals surface area contributed by atoms with E-state index in [-0.39, 0.29) is 18.2 Å². The Morgan fingerprint density at radius 1 is 1.39 bits per heavy atom. The summed E-state index contributed by atoms with van der Waals surface area (Å²) in [6, 6.07) is 6.36. The number of rotatable bonds is 6. The summed E-state index contributed by atoms with van der Waals surface area (Å²) in [6.07, 6.45) is 0.458. The van der Waals surface area contributed by atoms with Gasteiger partial charge in [-0.25, -0.2) is 4.79 Å². The molecule has 124 valence electrons. The number of carbonyl (C=O) groups excluding carboxylic acids is 3. The Morgan fingerprint density at radius 3 is 3.00 bits per heavy atom. The molecule has 1 aromatic rings. The van der Waals surface area contributed by atoms with E-state index in [2.05, 4.69) is 16.0 Å². The first kappa shape index (κ1) is 17.6. The number of benzene rings is 1. The van der Waals surface area contributed by atoms with Gasteiger partial charge in [0.1, 0.15) is 6.04 Å². The lowest BCUT2D eigenvalue weighted by Gasteiger charge is -2.14. The van der Waals surface area contributed by atoms with Crippen molar-refractivity contribution in [2.45, 2.75) is 24.6 Å². The van der Waals surface area contributed by atoms with Crippen molar-refractivity contribution in [1.29, 1.82) is 0 Å². The summed E-state index contributed by atoms with van der Waals surface area (Å²) in [4.78, 5) is 34.5. The van der Waals surface area contributed by atoms with Crippen LogP contribution in [0.2, 0.25) is 5.02 Å². The van der Waals surface area contributed by atoms with Gasteiger partial charge in [-0.15, -0.1) is 0 Å². The molecule has 1 atom stereocenters. The molecule has 1 aliphatic rings. The second-order valence-electron chi connectivity index (χ2n) is 5.09. The number of carbonyl (C=O) groups is 3. The topological polar surface area (TPSA) is 87.3 Å². The molecule has 8 heteroatoms. The highest BCUT2D eigenvalue weighted by Gasteiger charge is 2.25. The minimum atomic E-state index is -0.667. The first-order valence-electron chi connectivity index (χ1n) is 7.25. The molecule has 0 radical (unpaired) electrons. The Kier molecular flexibility index (Phi) is 6.73. The highest BCUT2D eigenvalue weighted by molar-refractivity contribution is 7.98. The summed E-state index contributed by atoms with van der Waals surface area (Å²) in [5.41, 5.74) is 1.13. The molecule has 1 aliphatic heterocycles. The summed E-state index contributed by atoms with van der Waals surface area (Å²) in [5.74, 6) is 0.929. The summed E-state index contributed by atoms with van der Waals surface area (Å²) < 4.78 is 0. The average molecular weight is 356 g/mol. The first-order chi connectivity index (χ1) is 11.0. The van der Waals surface area contributed by atoms with E-state index >= 15 is 0 Å². The molecule has 0 unspecified atom stereocenters. The largest absolute Gasteiger partial charge is 0.353 e. The van der Waals surface area contributed by atoms with Crippen LogP contribution in [-0.4, -0.2) is 36.2 Å². The third-order valence-electron chi connectivity index (χ3n) is 3.24. The molecule has 0 bridgehead atoms. The van der Waals surface area contributed by atoms with E-state index in [1.807, 2.05) is 24.3 Å². The molecule has 1 fully saturated rings. The maximum Gasteiger partial charge on any atom is 0.322 e. The Hall–Kier alpha value is -1.73. The third kappa shape index (κ3) is 6.11. The van der Waals surface area contributed by atoms with Crippen LogP contribution >= 0.6 is 23.4 Å². The number of halogens is 1. The van der Waals surface area contributed by atoms with Gasteiger partial charge in [-0.2, -0.15) is 11.8 Å². The molecule has 4 amide bonds. The van der Waals surface area contributed by atoms with Crippen molar-refractivity contribution in [2.75, 3.05) is 12.3 Å². The molecule has 3 N–H and O–H groups in total. The van der Waals surface area contributed by atoms with Gasteiger partial charge in [-0.05, 0) is 24.1 Å². The highest BCUT2D eigenvalue weighted by Crippen LogP contribution is 2.16. The maximum atomic E-state index is 12.0. The van der Waals surface area contributed by atoms with E-state index in [4.69, 9.17) is 11.6 Å². The van der Waals surface area contributed by atoms with Gasteiger partial charge in [0, 0.05) is 29.5 Å². The predicted molar refractivity (Wildman–Crippen MR) is 90.3 cm³/mol. The zero-order valence-corrected chi connectivity index (χ0v) is 14.0. The summed E-state index contributed by atoms with van der Waals surface area (Å²) in [7, 11) is 0. The molecule has 1 heterocycles. The fourth-order valence-corrected chi connectivity index (χ4v) is 3.13. The van der Waals surface area contributed by atoms with Gasteiger partial charge in [-0.3, -0.25) is 14.9 Å². The Morgan fingerprint density at radius 2 is 2.22 bits per heavy atom. The quantitative estimate of drug-likeness (QED) is 0.677. The van der Waals surface area contributed by atoms with Crippen molar-refractivity contribution in [1.82, 2.24) is 16.0 Å². The number of hydrogen-bond acceptors (Lipinski definition) is 4. The minimum Gasteiger partial charge on any atom is -0.353 e. The summed E-state index contributed by atoms with van der Waals surface area (Å²) in [6.45, 7) is 0.498. The lowest BCUT2D eigenvalue weighted by atomic mass is 10.1. The van der Waals surface area contributed by atoms with Gasteiger partial charge in [0.05, 0.1) is 0 Å². The van der Waals surface area contributed by atoms with E-state index in [1.54, 1.807) is 11.8 Å². The molecule has 1 aromatic carbocycles. The monoisotopic (exact) mass is 355 g/mol. The summed E-state index contributed by atoms with van der Waals surface area (Å²) in [5, 5.41) is 8.10. The fourth-order valence-electron chi connectivity index (χ4n) is 2.11. The molecular formula is C15H18ClN3O3S. The zero-order valence-electron chi connectivity index (χ0n) is 12.4. The van der Waals surface area contributed by atoms with Crippen LogP contribution in [0.25, 0.3) is 0 Å². The Bertz CT molecular complexity index is 597. The summed E-state index contributed by atoms with van der Waals surface area (Å²) >= 11 is 7.60. The maximum absolute atomic E-state index is 12.0. The van der Waals surface area contributed by atoms with Crippen LogP contribution in [0.5, 0.6) is 0 Å². The highest BCUT2D eigenvalue weighted by atomic mass is 35.5. The SMILES string of the molecule is O=C1CC[C@H](C(=O)NCCSCc2cccc(Cl)c2)NC(=O)N1. The molecule has 2 rings (SSSR count). The van der Waals surface area contributed by atoms with Gasteiger partial charge in [0.25, 0.3) is 0 Å². The smallest absolute Gasteiger partial charge is 0.322 e. The second kappa shape index (κ2) is 8.79. The van der Waals surface area contributed by atoms with E-state index in [0.717, 1.165) is 17.1 Å². The van der Waals surface area contributed by atoms with Crippen LogP contribution < -0.4 is 16.0 Å². The van der Waals surface area contributed by atoms with Crippen molar-refractivity contribution < 1.29 is 14.4 Å². The van der Waals surface area contributed by atoms with E-state index < -0.39 is 12.1 Å². The fraction of sp³-hybridized carbons (Fsp3) is 0.400. The molecule has 1 saturated heterocycles. The van der Waals surface area contributed by atoms with Crippen LogP contribution in [0.4, 0.5) is 4.79 Å². The van der Waals surface area contributed by atoms with Gasteiger partial charge in [0.2, 0.25) is 11.8 Å². The van der Waals surface area contributed by atoms with Gasteiger partial charge >= 0.3 is 6.03 Å². The average Bonchev–Trinajstić information content (AvgIpc) is 2.67. The lowest BCUT2D eigenvalue weighted by molar-refractivity contribution is -0.123. The minimum absolute atomic E-state index is 0.153. The number of urea groups is 1. The molecule has 0 spiro atoms. The molecule has 6 nitrogen and oxygen atoms in total. The van der Waals surface area contributed by atoms with Gasteiger partial charge in [-0.1, -0.05) is 23.7 Å². The second-order valence-corrected chi connectivity index (χ2v) is 6.63. The van der Waals surface area contributed by atoms with E-state index in [0.29, 0.717) is 18.0 Å². The molecule has 0 saturated carbocycles. The first-order valence-corrected chi connectivity index (χ1v) is 8.78. The van der Waals surface area contributed by atoms with Crippen LogP contribution in [0.15, 0.2) is 24.3 Å².